The zero-order valence-corrected chi connectivity index (χ0v) is 15.1. The molecule has 0 aliphatic rings. The first kappa shape index (κ1) is 16.7. The Morgan fingerprint density at radius 2 is 1.92 bits per heavy atom. The number of hydrogen-bond donors (Lipinski definition) is 1. The normalized spacial score (nSPS) is 10.6. The maximum absolute atomic E-state index is 12.2. The number of aromatic nitrogens is 2. The molecular weight excluding hydrogens is 390 g/mol. The van der Waals surface area contributed by atoms with Crippen molar-refractivity contribution in [2.24, 2.45) is 0 Å². The van der Waals surface area contributed by atoms with Gasteiger partial charge in [-0.3, -0.25) is 4.79 Å². The van der Waals surface area contributed by atoms with Crippen molar-refractivity contribution < 1.29 is 4.79 Å². The Hall–Kier alpha value is -2.11. The molecule has 0 saturated carbocycles. The summed E-state index contributed by atoms with van der Waals surface area (Å²) in [6.07, 6.45) is 3.97. The molecular formula is C18H15BrClN3O. The van der Waals surface area contributed by atoms with Crippen molar-refractivity contribution in [1.29, 1.82) is 0 Å². The number of halogens is 2. The van der Waals surface area contributed by atoms with Crippen LogP contribution in [0.15, 0.2) is 65.4 Å². The molecule has 1 amide bonds. The van der Waals surface area contributed by atoms with Crippen molar-refractivity contribution in [3.63, 3.8) is 0 Å². The van der Waals surface area contributed by atoms with E-state index in [4.69, 9.17) is 11.6 Å². The molecule has 0 aliphatic carbocycles. The Labute approximate surface area is 153 Å². The molecule has 0 atom stereocenters. The minimum Gasteiger partial charge on any atom is -0.352 e. The standard InChI is InChI=1S/C18H15BrClN3O/c19-15-5-7-16(8-6-15)23-12-14(11-22-23)18(24)21-10-9-13-3-1-2-4-17(13)20/h1-8,11-12H,9-10H2,(H,21,24). The molecule has 3 rings (SSSR count). The van der Waals surface area contributed by atoms with Gasteiger partial charge in [0.2, 0.25) is 0 Å². The van der Waals surface area contributed by atoms with Crippen LogP contribution in [-0.4, -0.2) is 22.2 Å². The summed E-state index contributed by atoms with van der Waals surface area (Å²) in [5.74, 6) is -0.148. The van der Waals surface area contributed by atoms with Crippen LogP contribution in [0.5, 0.6) is 0 Å². The van der Waals surface area contributed by atoms with Gasteiger partial charge in [-0.05, 0) is 42.3 Å². The lowest BCUT2D eigenvalue weighted by Crippen LogP contribution is -2.25. The second kappa shape index (κ2) is 7.64. The molecule has 3 aromatic rings. The Kier molecular flexibility index (Phi) is 5.33. The number of amides is 1. The number of hydrogen-bond acceptors (Lipinski definition) is 2. The zero-order valence-electron chi connectivity index (χ0n) is 12.7. The van der Waals surface area contributed by atoms with Crippen molar-refractivity contribution >= 4 is 33.4 Å². The molecule has 0 radical (unpaired) electrons. The number of nitrogens with zero attached hydrogens (tertiary/aromatic N) is 2. The average molecular weight is 405 g/mol. The predicted octanol–water partition coefficient (Wildman–Crippen LogP) is 4.26. The van der Waals surface area contributed by atoms with E-state index in [1.807, 2.05) is 48.5 Å². The number of nitrogens with one attached hydrogen (secondary N) is 1. The second-order valence-electron chi connectivity index (χ2n) is 5.25. The number of rotatable bonds is 5. The van der Waals surface area contributed by atoms with Crippen molar-refractivity contribution in [2.75, 3.05) is 6.54 Å². The molecule has 122 valence electrons. The van der Waals surface area contributed by atoms with Crippen LogP contribution in [0.3, 0.4) is 0 Å². The van der Waals surface area contributed by atoms with Gasteiger partial charge in [0.1, 0.15) is 0 Å². The van der Waals surface area contributed by atoms with Crippen LogP contribution >= 0.6 is 27.5 Å². The van der Waals surface area contributed by atoms with Crippen LogP contribution in [0.25, 0.3) is 5.69 Å². The minimum atomic E-state index is -0.148. The van der Waals surface area contributed by atoms with Gasteiger partial charge in [-0.1, -0.05) is 45.7 Å². The van der Waals surface area contributed by atoms with E-state index in [2.05, 4.69) is 26.3 Å². The summed E-state index contributed by atoms with van der Waals surface area (Å²) >= 11 is 9.51. The fourth-order valence-corrected chi connectivity index (χ4v) is 2.78. The summed E-state index contributed by atoms with van der Waals surface area (Å²) < 4.78 is 2.67. The highest BCUT2D eigenvalue weighted by molar-refractivity contribution is 9.10. The van der Waals surface area contributed by atoms with Crippen molar-refractivity contribution in [2.45, 2.75) is 6.42 Å². The average Bonchev–Trinajstić information content (AvgIpc) is 3.07. The lowest BCUT2D eigenvalue weighted by atomic mass is 10.1. The number of benzene rings is 2. The summed E-state index contributed by atoms with van der Waals surface area (Å²) in [5, 5.41) is 7.84. The maximum atomic E-state index is 12.2. The van der Waals surface area contributed by atoms with Crippen LogP contribution in [0.4, 0.5) is 0 Å². The molecule has 0 saturated heterocycles. The Balaban J connectivity index is 1.60. The Morgan fingerprint density at radius 1 is 1.17 bits per heavy atom. The van der Waals surface area contributed by atoms with Gasteiger partial charge in [-0.15, -0.1) is 0 Å². The summed E-state index contributed by atoms with van der Waals surface area (Å²) in [6.45, 7) is 0.520. The van der Waals surface area contributed by atoms with E-state index < -0.39 is 0 Å². The van der Waals surface area contributed by atoms with Gasteiger partial charge in [0.05, 0.1) is 17.4 Å². The first-order valence-corrected chi connectivity index (χ1v) is 8.63. The molecule has 4 nitrogen and oxygen atoms in total. The third-order valence-electron chi connectivity index (χ3n) is 3.57. The van der Waals surface area contributed by atoms with E-state index in [9.17, 15) is 4.79 Å². The van der Waals surface area contributed by atoms with Gasteiger partial charge < -0.3 is 5.32 Å². The fraction of sp³-hybridized carbons (Fsp3) is 0.111. The first-order chi connectivity index (χ1) is 11.6. The maximum Gasteiger partial charge on any atom is 0.254 e. The summed E-state index contributed by atoms with van der Waals surface area (Å²) in [6, 6.07) is 15.3. The number of carbonyl (C=O) groups is 1. The summed E-state index contributed by atoms with van der Waals surface area (Å²) in [4.78, 5) is 12.2. The molecule has 24 heavy (non-hydrogen) atoms. The quantitative estimate of drug-likeness (QED) is 0.690. The highest BCUT2D eigenvalue weighted by Gasteiger charge is 2.09. The van der Waals surface area contributed by atoms with Gasteiger partial charge in [0.25, 0.3) is 5.91 Å². The highest BCUT2D eigenvalue weighted by atomic mass is 79.9. The smallest absolute Gasteiger partial charge is 0.254 e. The van der Waals surface area contributed by atoms with Gasteiger partial charge in [0, 0.05) is 22.2 Å². The van der Waals surface area contributed by atoms with E-state index in [0.717, 1.165) is 20.7 Å². The summed E-state index contributed by atoms with van der Waals surface area (Å²) in [7, 11) is 0. The van der Waals surface area contributed by atoms with E-state index in [1.54, 1.807) is 17.1 Å². The van der Waals surface area contributed by atoms with E-state index in [-0.39, 0.29) is 5.91 Å². The molecule has 1 aromatic heterocycles. The van der Waals surface area contributed by atoms with E-state index in [1.165, 1.54) is 0 Å². The highest BCUT2D eigenvalue weighted by Crippen LogP contribution is 2.15. The molecule has 1 N–H and O–H groups in total. The van der Waals surface area contributed by atoms with Gasteiger partial charge >= 0.3 is 0 Å². The van der Waals surface area contributed by atoms with E-state index >= 15 is 0 Å². The lowest BCUT2D eigenvalue weighted by Gasteiger charge is -2.05. The minimum absolute atomic E-state index is 0.148. The molecule has 0 bridgehead atoms. The Morgan fingerprint density at radius 3 is 2.67 bits per heavy atom. The first-order valence-electron chi connectivity index (χ1n) is 7.46. The van der Waals surface area contributed by atoms with Crippen LogP contribution in [0.1, 0.15) is 15.9 Å². The number of carbonyl (C=O) groups excluding carboxylic acids is 1. The van der Waals surface area contributed by atoms with Crippen LogP contribution in [-0.2, 0) is 6.42 Å². The second-order valence-corrected chi connectivity index (χ2v) is 6.57. The largest absolute Gasteiger partial charge is 0.352 e. The molecule has 0 spiro atoms. The van der Waals surface area contributed by atoms with E-state index in [0.29, 0.717) is 18.5 Å². The van der Waals surface area contributed by atoms with Crippen LogP contribution in [0.2, 0.25) is 5.02 Å². The van der Waals surface area contributed by atoms with Crippen molar-refractivity contribution in [1.82, 2.24) is 15.1 Å². The Bertz CT molecular complexity index is 845. The van der Waals surface area contributed by atoms with Crippen molar-refractivity contribution in [3.8, 4) is 5.69 Å². The van der Waals surface area contributed by atoms with Gasteiger partial charge in [0.15, 0.2) is 0 Å². The van der Waals surface area contributed by atoms with Crippen LogP contribution < -0.4 is 5.32 Å². The molecule has 2 aromatic carbocycles. The summed E-state index contributed by atoms with van der Waals surface area (Å²) in [5.41, 5.74) is 2.44. The zero-order chi connectivity index (χ0) is 16.9. The molecule has 0 aliphatic heterocycles. The molecule has 1 heterocycles. The molecule has 0 unspecified atom stereocenters. The molecule has 0 fully saturated rings. The van der Waals surface area contributed by atoms with Crippen molar-refractivity contribution in [3.05, 3.63) is 81.5 Å². The predicted molar refractivity (Wildman–Crippen MR) is 98.8 cm³/mol. The third kappa shape index (κ3) is 4.04. The lowest BCUT2D eigenvalue weighted by molar-refractivity contribution is 0.0954. The monoisotopic (exact) mass is 403 g/mol. The van der Waals surface area contributed by atoms with Crippen LogP contribution in [0, 0.1) is 0 Å². The SMILES string of the molecule is O=C(NCCc1ccccc1Cl)c1cnn(-c2ccc(Br)cc2)c1. The van der Waals surface area contributed by atoms with Gasteiger partial charge in [-0.25, -0.2) is 4.68 Å². The topological polar surface area (TPSA) is 46.9 Å². The fourth-order valence-electron chi connectivity index (χ4n) is 2.29. The third-order valence-corrected chi connectivity index (χ3v) is 4.47. The van der Waals surface area contributed by atoms with Gasteiger partial charge in [-0.2, -0.15) is 5.10 Å². The molecule has 6 heteroatoms.